The minimum atomic E-state index is -1.30. The van der Waals surface area contributed by atoms with Crippen LogP contribution in [0, 0.1) is 0 Å². The van der Waals surface area contributed by atoms with E-state index in [2.05, 4.69) is 6.08 Å². The molecule has 1 saturated carbocycles. The second-order valence-corrected chi connectivity index (χ2v) is 14.1. The lowest BCUT2D eigenvalue weighted by atomic mass is 9.62. The fourth-order valence-electron chi connectivity index (χ4n) is 7.28. The zero-order chi connectivity index (χ0) is 30.0. The number of aliphatic hydroxyl groups is 2. The van der Waals surface area contributed by atoms with Gasteiger partial charge >= 0.3 is 0 Å². The van der Waals surface area contributed by atoms with Gasteiger partial charge in [0.05, 0.1) is 59.9 Å². The number of fused-ring (bicyclic) bond motifs is 6. The molecule has 9 rings (SSSR count). The summed E-state index contributed by atoms with van der Waals surface area (Å²) in [6.07, 6.45) is 2.34. The number of hydrogen-bond acceptors (Lipinski definition) is 9. The fourth-order valence-corrected chi connectivity index (χ4v) is 10.2. The first-order chi connectivity index (χ1) is 21.3. The van der Waals surface area contributed by atoms with Crippen LogP contribution in [0.2, 0.25) is 0 Å². The number of aromatic hydroxyl groups is 4. The number of phenols is 4. The van der Waals surface area contributed by atoms with Crippen molar-refractivity contribution in [2.24, 2.45) is 0 Å². The Morgan fingerprint density at radius 3 is 1.52 bits per heavy atom. The van der Waals surface area contributed by atoms with Gasteiger partial charge in [-0.25, -0.2) is 0 Å². The maximum atomic E-state index is 11.3. The number of thiophene rings is 3. The molecule has 0 amide bonds. The maximum absolute atomic E-state index is 11.3. The molecule has 5 aromatic heterocycles. The molecular formula is C33H24N2O6S3. The number of rotatable bonds is 4. The van der Waals surface area contributed by atoms with Crippen LogP contribution in [0.5, 0.6) is 23.0 Å². The summed E-state index contributed by atoms with van der Waals surface area (Å²) in [5.41, 5.74) is 6.26. The molecule has 0 radical (unpaired) electrons. The lowest BCUT2D eigenvalue weighted by Gasteiger charge is -2.47. The van der Waals surface area contributed by atoms with Crippen LogP contribution in [0.1, 0.15) is 34.2 Å². The fraction of sp³-hybridized carbons (Fsp3) is 0.152. The highest BCUT2D eigenvalue weighted by atomic mass is 32.1. The molecule has 2 aliphatic rings. The number of nitrogens with zero attached hydrogens (tertiary/aromatic N) is 2. The van der Waals surface area contributed by atoms with Crippen LogP contribution >= 0.6 is 34.0 Å². The van der Waals surface area contributed by atoms with E-state index in [0.29, 0.717) is 11.4 Å². The Kier molecular flexibility index (Phi) is 5.43. The van der Waals surface area contributed by atoms with E-state index in [0.717, 1.165) is 42.8 Å². The van der Waals surface area contributed by atoms with Crippen molar-refractivity contribution in [1.29, 1.82) is 0 Å². The first kappa shape index (κ1) is 26.2. The average Bonchev–Trinajstić information content (AvgIpc) is 3.80. The Labute approximate surface area is 261 Å². The lowest BCUT2D eigenvalue weighted by Crippen LogP contribution is -2.51. The van der Waals surface area contributed by atoms with E-state index in [1.807, 2.05) is 49.5 Å². The summed E-state index contributed by atoms with van der Waals surface area (Å²) < 4.78 is 7.35. The summed E-state index contributed by atoms with van der Waals surface area (Å²) in [4.78, 5) is 0. The molecular weight excluding hydrogens is 617 g/mol. The standard InChI is InChI=1S/C33H24N2O6S3/c36-21-10-14(34-17-3-1-2-16(17)31-18(34)4-7-42-31)11-22(37)25(21)27-29(40)28(30(27)41)26-23(38)12-15(13-24(26)39)35-19-5-8-43-32(19)33-20(35)6-9-44-33/h1,3-13,27-30,36-41H,2H2. The highest BCUT2D eigenvalue weighted by Gasteiger charge is 2.54. The third-order valence-electron chi connectivity index (χ3n) is 9.18. The lowest BCUT2D eigenvalue weighted by molar-refractivity contribution is -0.0810. The molecule has 2 unspecified atom stereocenters. The van der Waals surface area contributed by atoms with E-state index in [-0.39, 0.29) is 34.1 Å². The van der Waals surface area contributed by atoms with Crippen molar-refractivity contribution in [2.45, 2.75) is 30.5 Å². The van der Waals surface area contributed by atoms with Gasteiger partial charge in [-0.15, -0.1) is 34.0 Å². The Morgan fingerprint density at radius 2 is 1.02 bits per heavy atom. The minimum Gasteiger partial charge on any atom is -0.507 e. The smallest absolute Gasteiger partial charge is 0.125 e. The second kappa shape index (κ2) is 9.13. The first-order valence-electron chi connectivity index (χ1n) is 14.0. The summed E-state index contributed by atoms with van der Waals surface area (Å²) in [6, 6.07) is 12.1. The molecule has 11 heteroatoms. The van der Waals surface area contributed by atoms with Crippen molar-refractivity contribution in [3.63, 3.8) is 0 Å². The van der Waals surface area contributed by atoms with Crippen LogP contribution in [0.15, 0.2) is 64.7 Å². The summed E-state index contributed by atoms with van der Waals surface area (Å²) >= 11 is 4.90. The largest absolute Gasteiger partial charge is 0.507 e. The molecule has 6 N–H and O–H groups in total. The van der Waals surface area contributed by atoms with Crippen molar-refractivity contribution < 1.29 is 30.6 Å². The van der Waals surface area contributed by atoms with Crippen molar-refractivity contribution >= 4 is 70.7 Å². The molecule has 0 bridgehead atoms. The van der Waals surface area contributed by atoms with Crippen molar-refractivity contribution in [1.82, 2.24) is 9.13 Å². The monoisotopic (exact) mass is 640 g/mol. The summed E-state index contributed by atoms with van der Waals surface area (Å²) in [6.45, 7) is 0. The van der Waals surface area contributed by atoms with Gasteiger partial charge in [-0.05, 0) is 52.4 Å². The number of aliphatic hydroxyl groups excluding tert-OH is 2. The van der Waals surface area contributed by atoms with Gasteiger partial charge in [0.15, 0.2) is 0 Å². The molecule has 8 nitrogen and oxygen atoms in total. The van der Waals surface area contributed by atoms with Crippen LogP contribution in [-0.4, -0.2) is 52.0 Å². The second-order valence-electron chi connectivity index (χ2n) is 11.4. The van der Waals surface area contributed by atoms with Gasteiger partial charge < -0.3 is 39.8 Å². The predicted octanol–water partition coefficient (Wildman–Crippen LogP) is 6.91. The highest BCUT2D eigenvalue weighted by molar-refractivity contribution is 7.25. The average molecular weight is 641 g/mol. The molecule has 7 aromatic rings. The van der Waals surface area contributed by atoms with Gasteiger partial charge in [-0.1, -0.05) is 6.08 Å². The highest BCUT2D eigenvalue weighted by Crippen LogP contribution is 2.56. The van der Waals surface area contributed by atoms with Crippen molar-refractivity contribution in [2.75, 3.05) is 0 Å². The summed E-state index contributed by atoms with van der Waals surface area (Å²) in [7, 11) is 0. The molecule has 44 heavy (non-hydrogen) atoms. The van der Waals surface area contributed by atoms with E-state index in [9.17, 15) is 30.6 Å². The molecule has 0 saturated heterocycles. The number of phenolic OH excluding ortho intramolecular Hbond substituents is 4. The van der Waals surface area contributed by atoms with E-state index < -0.39 is 24.0 Å². The topological polar surface area (TPSA) is 131 Å². The van der Waals surface area contributed by atoms with E-state index in [4.69, 9.17) is 0 Å². The number of benzene rings is 2. The molecule has 0 aliphatic heterocycles. The normalized spacial score (nSPS) is 21.1. The molecule has 5 heterocycles. The van der Waals surface area contributed by atoms with Gasteiger partial charge in [-0.2, -0.15) is 0 Å². The molecule has 0 spiro atoms. The Morgan fingerprint density at radius 1 is 0.591 bits per heavy atom. The van der Waals surface area contributed by atoms with Gasteiger partial charge in [0.1, 0.15) is 23.0 Å². The van der Waals surface area contributed by atoms with Crippen molar-refractivity contribution in [3.8, 4) is 34.4 Å². The SMILES string of the molecule is Oc1cc(-n2c3c(c4sccc42)CC=C3)cc(O)c1C1C(O)C(c2c(O)cc(-n3c4ccsc4c4sccc43)cc2O)C1O. The van der Waals surface area contributed by atoms with Gasteiger partial charge in [-0.3, -0.25) is 0 Å². The van der Waals surface area contributed by atoms with Crippen LogP contribution in [-0.2, 0) is 6.42 Å². The van der Waals surface area contributed by atoms with Crippen molar-refractivity contribution in [3.05, 3.63) is 87.1 Å². The third kappa shape index (κ3) is 3.33. The molecule has 2 atom stereocenters. The number of hydrogen-bond donors (Lipinski definition) is 6. The van der Waals surface area contributed by atoms with E-state index in [1.54, 1.807) is 34.0 Å². The quantitative estimate of drug-likeness (QED) is 0.124. The minimum absolute atomic E-state index is 0.0189. The number of aromatic nitrogens is 2. The first-order valence-corrected chi connectivity index (χ1v) is 16.7. The molecule has 220 valence electrons. The predicted molar refractivity (Wildman–Crippen MR) is 175 cm³/mol. The van der Waals surface area contributed by atoms with Crippen LogP contribution < -0.4 is 0 Å². The Hall–Kier alpha value is -4.26. The van der Waals surface area contributed by atoms with Gasteiger partial charge in [0.25, 0.3) is 0 Å². The van der Waals surface area contributed by atoms with E-state index in [1.165, 1.54) is 29.8 Å². The zero-order valence-corrected chi connectivity index (χ0v) is 25.2. The van der Waals surface area contributed by atoms with Crippen LogP contribution in [0.4, 0.5) is 0 Å². The molecule has 2 aromatic carbocycles. The van der Waals surface area contributed by atoms with E-state index >= 15 is 0 Å². The number of allylic oxidation sites excluding steroid dienone is 1. The Balaban J connectivity index is 1.07. The third-order valence-corrected chi connectivity index (χ3v) is 12.1. The summed E-state index contributed by atoms with van der Waals surface area (Å²) in [5, 5.41) is 73.2. The van der Waals surface area contributed by atoms with Crippen LogP contribution in [0.3, 0.4) is 0 Å². The molecule has 2 aliphatic carbocycles. The van der Waals surface area contributed by atoms with Gasteiger partial charge in [0, 0.05) is 47.2 Å². The Bertz CT molecular complexity index is 2230. The molecule has 1 fully saturated rings. The summed E-state index contributed by atoms with van der Waals surface area (Å²) in [5.74, 6) is -3.12. The zero-order valence-electron chi connectivity index (χ0n) is 22.7. The maximum Gasteiger partial charge on any atom is 0.125 e. The van der Waals surface area contributed by atoms with Gasteiger partial charge in [0.2, 0.25) is 0 Å². The van der Waals surface area contributed by atoms with Crippen LogP contribution in [0.25, 0.3) is 48.1 Å².